The minimum Gasteiger partial charge on any atom is -0.484 e. The van der Waals surface area contributed by atoms with Crippen molar-refractivity contribution < 1.29 is 14.6 Å². The highest BCUT2D eigenvalue weighted by atomic mass is 16.5. The highest BCUT2D eigenvalue weighted by molar-refractivity contribution is 5.77. The van der Waals surface area contributed by atoms with Gasteiger partial charge in [-0.15, -0.1) is 0 Å². The quantitative estimate of drug-likeness (QED) is 0.886. The standard InChI is InChI=1S/C16H23NO3/c1-11-3-8-15(12(2)9-11)20-10-16(19)17-13-4-6-14(18)7-5-13/h3,8-9,13-14,18H,4-7,10H2,1-2H3,(H,17,19). The number of aryl methyl sites for hydroxylation is 2. The zero-order valence-electron chi connectivity index (χ0n) is 12.2. The monoisotopic (exact) mass is 277 g/mol. The summed E-state index contributed by atoms with van der Waals surface area (Å²) in [6, 6.07) is 6.08. The molecule has 4 heteroatoms. The highest BCUT2D eigenvalue weighted by Gasteiger charge is 2.20. The summed E-state index contributed by atoms with van der Waals surface area (Å²) in [6.07, 6.45) is 3.02. The van der Waals surface area contributed by atoms with Gasteiger partial charge in [0, 0.05) is 6.04 Å². The third kappa shape index (κ3) is 4.23. The number of ether oxygens (including phenoxy) is 1. The number of hydrogen-bond acceptors (Lipinski definition) is 3. The molecule has 2 N–H and O–H groups in total. The lowest BCUT2D eigenvalue weighted by Gasteiger charge is -2.26. The first kappa shape index (κ1) is 14.9. The molecular weight excluding hydrogens is 254 g/mol. The SMILES string of the molecule is Cc1ccc(OCC(=O)NC2CCC(O)CC2)c(C)c1. The number of amides is 1. The first-order chi connectivity index (χ1) is 9.54. The predicted octanol–water partition coefficient (Wildman–Crippen LogP) is 2.10. The Morgan fingerprint density at radius 3 is 2.65 bits per heavy atom. The number of aliphatic hydroxyl groups is 1. The molecule has 0 radical (unpaired) electrons. The van der Waals surface area contributed by atoms with Crippen LogP contribution in [-0.4, -0.2) is 29.8 Å². The summed E-state index contributed by atoms with van der Waals surface area (Å²) < 4.78 is 5.55. The van der Waals surface area contributed by atoms with Crippen LogP contribution in [0.5, 0.6) is 5.75 Å². The van der Waals surface area contributed by atoms with Crippen molar-refractivity contribution in [3.05, 3.63) is 29.3 Å². The number of benzene rings is 1. The Morgan fingerprint density at radius 2 is 2.00 bits per heavy atom. The molecule has 1 amide bonds. The predicted molar refractivity (Wildman–Crippen MR) is 77.8 cm³/mol. The lowest BCUT2D eigenvalue weighted by atomic mass is 9.93. The first-order valence-electron chi connectivity index (χ1n) is 7.22. The van der Waals surface area contributed by atoms with Crippen LogP contribution in [0.15, 0.2) is 18.2 Å². The fourth-order valence-electron chi connectivity index (χ4n) is 2.59. The summed E-state index contributed by atoms with van der Waals surface area (Å²) >= 11 is 0. The van der Waals surface area contributed by atoms with Crippen molar-refractivity contribution in [3.63, 3.8) is 0 Å². The minimum absolute atomic E-state index is 0.0446. The Kier molecular flexibility index (Phi) is 5.01. The molecule has 1 saturated carbocycles. The fourth-order valence-corrected chi connectivity index (χ4v) is 2.59. The van der Waals surface area contributed by atoms with Crippen molar-refractivity contribution in [3.8, 4) is 5.75 Å². The maximum atomic E-state index is 11.8. The largest absolute Gasteiger partial charge is 0.484 e. The Labute approximate surface area is 120 Å². The molecule has 1 aromatic rings. The summed E-state index contributed by atoms with van der Waals surface area (Å²) in [5.74, 6) is 0.663. The highest BCUT2D eigenvalue weighted by Crippen LogP contribution is 2.19. The third-order valence-electron chi connectivity index (χ3n) is 3.75. The second-order valence-corrected chi connectivity index (χ2v) is 5.63. The lowest BCUT2D eigenvalue weighted by Crippen LogP contribution is -2.40. The Hall–Kier alpha value is -1.55. The summed E-state index contributed by atoms with van der Waals surface area (Å²) in [5, 5.41) is 12.4. The van der Waals surface area contributed by atoms with E-state index in [2.05, 4.69) is 5.32 Å². The lowest BCUT2D eigenvalue weighted by molar-refractivity contribution is -0.124. The minimum atomic E-state index is -0.199. The second-order valence-electron chi connectivity index (χ2n) is 5.63. The van der Waals surface area contributed by atoms with Crippen LogP contribution < -0.4 is 10.1 Å². The van der Waals surface area contributed by atoms with Crippen LogP contribution in [-0.2, 0) is 4.79 Å². The van der Waals surface area contributed by atoms with E-state index < -0.39 is 0 Å². The molecule has 2 rings (SSSR count). The number of rotatable bonds is 4. The van der Waals surface area contributed by atoms with Gasteiger partial charge in [-0.1, -0.05) is 17.7 Å². The third-order valence-corrected chi connectivity index (χ3v) is 3.75. The number of carbonyl (C=O) groups excluding carboxylic acids is 1. The van der Waals surface area contributed by atoms with Crippen LogP contribution in [0.2, 0.25) is 0 Å². The molecule has 0 saturated heterocycles. The van der Waals surface area contributed by atoms with Crippen molar-refractivity contribution >= 4 is 5.91 Å². The van der Waals surface area contributed by atoms with Crippen LogP contribution in [0.25, 0.3) is 0 Å². The van der Waals surface area contributed by atoms with Gasteiger partial charge in [0.15, 0.2) is 6.61 Å². The molecule has 0 spiro atoms. The van der Waals surface area contributed by atoms with E-state index in [0.29, 0.717) is 0 Å². The molecule has 1 aromatic carbocycles. The van der Waals surface area contributed by atoms with Gasteiger partial charge in [0.25, 0.3) is 5.91 Å². The maximum Gasteiger partial charge on any atom is 0.258 e. The Balaban J connectivity index is 1.77. The zero-order valence-corrected chi connectivity index (χ0v) is 12.2. The smallest absolute Gasteiger partial charge is 0.258 e. The van der Waals surface area contributed by atoms with Gasteiger partial charge in [-0.3, -0.25) is 4.79 Å². The topological polar surface area (TPSA) is 58.6 Å². The zero-order chi connectivity index (χ0) is 14.5. The summed E-state index contributed by atoms with van der Waals surface area (Å²) in [4.78, 5) is 11.8. The molecule has 4 nitrogen and oxygen atoms in total. The fraction of sp³-hybridized carbons (Fsp3) is 0.562. The second kappa shape index (κ2) is 6.75. The van der Waals surface area contributed by atoms with E-state index in [1.165, 1.54) is 5.56 Å². The van der Waals surface area contributed by atoms with Crippen LogP contribution in [0.1, 0.15) is 36.8 Å². The van der Waals surface area contributed by atoms with Gasteiger partial charge in [0.05, 0.1) is 6.10 Å². The van der Waals surface area contributed by atoms with E-state index >= 15 is 0 Å². The molecular formula is C16H23NO3. The first-order valence-corrected chi connectivity index (χ1v) is 7.22. The Bertz CT molecular complexity index is 465. The van der Waals surface area contributed by atoms with Crippen LogP contribution in [0.3, 0.4) is 0 Å². The van der Waals surface area contributed by atoms with Gasteiger partial charge >= 0.3 is 0 Å². The van der Waals surface area contributed by atoms with E-state index in [1.807, 2.05) is 32.0 Å². The van der Waals surface area contributed by atoms with Gasteiger partial charge in [-0.2, -0.15) is 0 Å². The molecule has 0 aliphatic heterocycles. The Morgan fingerprint density at radius 1 is 1.30 bits per heavy atom. The average Bonchev–Trinajstić information content (AvgIpc) is 2.40. The van der Waals surface area contributed by atoms with Crippen molar-refractivity contribution in [1.82, 2.24) is 5.32 Å². The molecule has 1 fully saturated rings. The number of hydrogen-bond donors (Lipinski definition) is 2. The van der Waals surface area contributed by atoms with E-state index in [-0.39, 0.29) is 24.7 Å². The normalized spacial score (nSPS) is 22.4. The van der Waals surface area contributed by atoms with E-state index in [9.17, 15) is 9.90 Å². The molecule has 0 aromatic heterocycles. The van der Waals surface area contributed by atoms with E-state index in [0.717, 1.165) is 37.0 Å². The van der Waals surface area contributed by atoms with E-state index in [4.69, 9.17) is 4.74 Å². The van der Waals surface area contributed by atoms with Crippen LogP contribution in [0, 0.1) is 13.8 Å². The molecule has 0 unspecified atom stereocenters. The molecule has 20 heavy (non-hydrogen) atoms. The molecule has 1 aliphatic rings. The van der Waals surface area contributed by atoms with Gasteiger partial charge in [0.2, 0.25) is 0 Å². The van der Waals surface area contributed by atoms with Gasteiger partial charge < -0.3 is 15.2 Å². The maximum absolute atomic E-state index is 11.8. The number of carbonyl (C=O) groups is 1. The summed E-state index contributed by atoms with van der Waals surface area (Å²) in [7, 11) is 0. The molecule has 1 aliphatic carbocycles. The number of nitrogens with one attached hydrogen (secondary N) is 1. The van der Waals surface area contributed by atoms with Crippen LogP contribution >= 0.6 is 0 Å². The summed E-state index contributed by atoms with van der Waals surface area (Å²) in [5.41, 5.74) is 2.22. The van der Waals surface area contributed by atoms with Crippen molar-refractivity contribution in [2.75, 3.05) is 6.61 Å². The van der Waals surface area contributed by atoms with Crippen molar-refractivity contribution in [2.45, 2.75) is 51.7 Å². The van der Waals surface area contributed by atoms with Crippen molar-refractivity contribution in [1.29, 1.82) is 0 Å². The van der Waals surface area contributed by atoms with E-state index in [1.54, 1.807) is 0 Å². The molecule has 110 valence electrons. The average molecular weight is 277 g/mol. The molecule has 0 bridgehead atoms. The van der Waals surface area contributed by atoms with Gasteiger partial charge in [-0.05, 0) is 51.2 Å². The van der Waals surface area contributed by atoms with Gasteiger partial charge in [0.1, 0.15) is 5.75 Å². The molecule has 0 heterocycles. The number of aliphatic hydroxyl groups excluding tert-OH is 1. The van der Waals surface area contributed by atoms with Crippen LogP contribution in [0.4, 0.5) is 0 Å². The van der Waals surface area contributed by atoms with Crippen molar-refractivity contribution in [2.24, 2.45) is 0 Å². The van der Waals surface area contributed by atoms with Gasteiger partial charge in [-0.25, -0.2) is 0 Å². The molecule has 0 atom stereocenters. The summed E-state index contributed by atoms with van der Waals surface area (Å²) in [6.45, 7) is 4.05.